The molecule has 0 radical (unpaired) electrons. The number of nitrogens with zero attached hydrogens (tertiary/aromatic N) is 1. The Morgan fingerprint density at radius 3 is 2.65 bits per heavy atom. The summed E-state index contributed by atoms with van der Waals surface area (Å²) in [4.78, 5) is 14.1. The highest BCUT2D eigenvalue weighted by atomic mass is 16.1. The molecule has 1 heterocycles. The molecule has 2 atom stereocenters. The van der Waals surface area contributed by atoms with Crippen LogP contribution in [0.4, 0.5) is 0 Å². The predicted molar refractivity (Wildman–Crippen MR) is 70.9 cm³/mol. The minimum Gasteiger partial charge on any atom is -0.354 e. The summed E-state index contributed by atoms with van der Waals surface area (Å²) >= 11 is 0. The van der Waals surface area contributed by atoms with Crippen molar-refractivity contribution in [2.24, 2.45) is 11.8 Å². The van der Waals surface area contributed by atoms with Crippen molar-refractivity contribution in [2.45, 2.75) is 32.7 Å². The summed E-state index contributed by atoms with van der Waals surface area (Å²) in [6.07, 6.45) is 2.10. The minimum absolute atomic E-state index is 0.178. The topological polar surface area (TPSA) is 44.4 Å². The van der Waals surface area contributed by atoms with Crippen molar-refractivity contribution < 1.29 is 4.79 Å². The maximum atomic E-state index is 11.9. The van der Waals surface area contributed by atoms with E-state index < -0.39 is 0 Å². The van der Waals surface area contributed by atoms with Gasteiger partial charge in [-0.25, -0.2) is 0 Å². The zero-order valence-corrected chi connectivity index (χ0v) is 11.6. The molecule has 2 unspecified atom stereocenters. The molecule has 1 rings (SSSR count). The van der Waals surface area contributed by atoms with Gasteiger partial charge in [0.1, 0.15) is 0 Å². The molecule has 1 saturated heterocycles. The molecule has 4 heteroatoms. The molecule has 1 aliphatic heterocycles. The second-order valence-corrected chi connectivity index (χ2v) is 5.68. The van der Waals surface area contributed by atoms with Crippen molar-refractivity contribution in [3.05, 3.63) is 0 Å². The van der Waals surface area contributed by atoms with E-state index in [0.29, 0.717) is 12.0 Å². The van der Waals surface area contributed by atoms with E-state index in [2.05, 4.69) is 43.5 Å². The zero-order valence-electron chi connectivity index (χ0n) is 11.6. The van der Waals surface area contributed by atoms with Crippen molar-refractivity contribution in [1.82, 2.24) is 15.5 Å². The fourth-order valence-corrected chi connectivity index (χ4v) is 2.26. The van der Waals surface area contributed by atoms with E-state index in [4.69, 9.17) is 0 Å². The van der Waals surface area contributed by atoms with Crippen molar-refractivity contribution in [1.29, 1.82) is 0 Å². The van der Waals surface area contributed by atoms with Crippen LogP contribution in [-0.4, -0.2) is 50.6 Å². The Balaban J connectivity index is 2.32. The van der Waals surface area contributed by atoms with Crippen LogP contribution < -0.4 is 10.6 Å². The van der Waals surface area contributed by atoms with E-state index in [9.17, 15) is 4.79 Å². The van der Waals surface area contributed by atoms with E-state index in [-0.39, 0.29) is 11.8 Å². The minimum atomic E-state index is 0.178. The normalized spacial score (nSPS) is 22.1. The third-order valence-electron chi connectivity index (χ3n) is 3.42. The lowest BCUT2D eigenvalue weighted by Gasteiger charge is -2.26. The van der Waals surface area contributed by atoms with E-state index >= 15 is 0 Å². The molecule has 0 aromatic heterocycles. The van der Waals surface area contributed by atoms with E-state index in [1.165, 1.54) is 0 Å². The molecule has 0 saturated carbocycles. The Morgan fingerprint density at radius 1 is 1.47 bits per heavy atom. The summed E-state index contributed by atoms with van der Waals surface area (Å²) in [5.41, 5.74) is 0. The maximum absolute atomic E-state index is 11.9. The van der Waals surface area contributed by atoms with Gasteiger partial charge in [-0.3, -0.25) is 4.79 Å². The van der Waals surface area contributed by atoms with E-state index in [0.717, 1.165) is 32.5 Å². The van der Waals surface area contributed by atoms with Crippen LogP contribution in [0.2, 0.25) is 0 Å². The summed E-state index contributed by atoms with van der Waals surface area (Å²) in [5.74, 6) is 1.05. The number of likely N-dealkylation sites (N-methyl/N-ethyl adjacent to an activating group) is 1. The molecule has 100 valence electrons. The second kappa shape index (κ2) is 6.97. The summed E-state index contributed by atoms with van der Waals surface area (Å²) in [6.45, 7) is 7.02. The fraction of sp³-hybridized carbons (Fsp3) is 0.923. The standard InChI is InChI=1S/C13H27N3O/c1-10(2)7-12(16(3)4)9-15-13(17)11-5-6-14-8-11/h10-12,14H,5-9H2,1-4H3,(H,15,17). The van der Waals surface area contributed by atoms with Crippen LogP contribution >= 0.6 is 0 Å². The summed E-state index contributed by atoms with van der Waals surface area (Å²) in [5, 5.41) is 6.32. The average Bonchev–Trinajstić information content (AvgIpc) is 2.76. The third kappa shape index (κ3) is 5.04. The smallest absolute Gasteiger partial charge is 0.224 e. The number of nitrogens with one attached hydrogen (secondary N) is 2. The SMILES string of the molecule is CC(C)CC(CNC(=O)C1CCNC1)N(C)C. The van der Waals surface area contributed by atoms with Gasteiger partial charge in [-0.1, -0.05) is 13.8 Å². The molecule has 1 amide bonds. The number of hydrogen-bond acceptors (Lipinski definition) is 3. The summed E-state index contributed by atoms with van der Waals surface area (Å²) in [7, 11) is 4.16. The first-order valence-corrected chi connectivity index (χ1v) is 6.65. The van der Waals surface area contributed by atoms with Gasteiger partial charge in [-0.15, -0.1) is 0 Å². The van der Waals surface area contributed by atoms with Crippen LogP contribution in [0, 0.1) is 11.8 Å². The molecule has 1 fully saturated rings. The highest BCUT2D eigenvalue weighted by Crippen LogP contribution is 2.10. The quantitative estimate of drug-likeness (QED) is 0.719. The van der Waals surface area contributed by atoms with Crippen LogP contribution in [0.5, 0.6) is 0 Å². The Kier molecular flexibility index (Phi) is 5.92. The number of carbonyl (C=O) groups excluding carboxylic acids is 1. The molecule has 2 N–H and O–H groups in total. The largest absolute Gasteiger partial charge is 0.354 e. The van der Waals surface area contributed by atoms with Crippen LogP contribution in [-0.2, 0) is 4.79 Å². The number of amides is 1. The number of hydrogen-bond donors (Lipinski definition) is 2. The van der Waals surface area contributed by atoms with Crippen LogP contribution in [0.15, 0.2) is 0 Å². The molecular weight excluding hydrogens is 214 g/mol. The van der Waals surface area contributed by atoms with Crippen LogP contribution in [0.25, 0.3) is 0 Å². The molecule has 4 nitrogen and oxygen atoms in total. The summed E-state index contributed by atoms with van der Waals surface area (Å²) in [6, 6.07) is 0.438. The van der Waals surface area contributed by atoms with Crippen LogP contribution in [0.3, 0.4) is 0 Å². The Morgan fingerprint density at radius 2 is 2.18 bits per heavy atom. The van der Waals surface area contributed by atoms with Gasteiger partial charge >= 0.3 is 0 Å². The molecule has 0 aliphatic carbocycles. The Hall–Kier alpha value is -0.610. The van der Waals surface area contributed by atoms with Crippen molar-refractivity contribution in [2.75, 3.05) is 33.7 Å². The Labute approximate surface area is 105 Å². The number of rotatable bonds is 6. The highest BCUT2D eigenvalue weighted by molar-refractivity contribution is 5.79. The first kappa shape index (κ1) is 14.5. The average molecular weight is 241 g/mol. The van der Waals surface area contributed by atoms with Gasteiger partial charge in [-0.2, -0.15) is 0 Å². The molecule has 0 aromatic carbocycles. The Bertz CT molecular complexity index is 235. The first-order valence-electron chi connectivity index (χ1n) is 6.65. The zero-order chi connectivity index (χ0) is 12.8. The first-order chi connectivity index (χ1) is 8.00. The van der Waals surface area contributed by atoms with Crippen LogP contribution in [0.1, 0.15) is 26.7 Å². The van der Waals surface area contributed by atoms with Crippen molar-refractivity contribution in [3.63, 3.8) is 0 Å². The van der Waals surface area contributed by atoms with Gasteiger partial charge in [0.15, 0.2) is 0 Å². The van der Waals surface area contributed by atoms with Gasteiger partial charge in [-0.05, 0) is 39.4 Å². The van der Waals surface area contributed by atoms with Gasteiger partial charge in [0, 0.05) is 19.1 Å². The fourth-order valence-electron chi connectivity index (χ4n) is 2.26. The molecule has 0 bridgehead atoms. The lowest BCUT2D eigenvalue weighted by atomic mass is 10.0. The monoisotopic (exact) mass is 241 g/mol. The molecular formula is C13H27N3O. The molecule has 0 spiro atoms. The molecule has 1 aliphatic rings. The lowest BCUT2D eigenvalue weighted by Crippen LogP contribution is -2.43. The van der Waals surface area contributed by atoms with E-state index in [1.54, 1.807) is 0 Å². The highest BCUT2D eigenvalue weighted by Gasteiger charge is 2.23. The van der Waals surface area contributed by atoms with Gasteiger partial charge < -0.3 is 15.5 Å². The van der Waals surface area contributed by atoms with Gasteiger partial charge in [0.2, 0.25) is 5.91 Å². The maximum Gasteiger partial charge on any atom is 0.224 e. The van der Waals surface area contributed by atoms with Crippen molar-refractivity contribution in [3.8, 4) is 0 Å². The van der Waals surface area contributed by atoms with E-state index in [1.807, 2.05) is 0 Å². The predicted octanol–water partition coefficient (Wildman–Crippen LogP) is 0.688. The third-order valence-corrected chi connectivity index (χ3v) is 3.42. The molecule has 17 heavy (non-hydrogen) atoms. The molecule has 0 aromatic rings. The summed E-state index contributed by atoms with van der Waals surface area (Å²) < 4.78 is 0. The van der Waals surface area contributed by atoms with Crippen molar-refractivity contribution >= 4 is 5.91 Å². The lowest BCUT2D eigenvalue weighted by molar-refractivity contribution is -0.124. The van der Waals surface area contributed by atoms with Gasteiger partial charge in [0.25, 0.3) is 0 Å². The van der Waals surface area contributed by atoms with Gasteiger partial charge in [0.05, 0.1) is 5.92 Å². The number of carbonyl (C=O) groups is 1. The second-order valence-electron chi connectivity index (χ2n) is 5.68.